The van der Waals surface area contributed by atoms with Gasteiger partial charge in [-0.15, -0.1) is 0 Å². The van der Waals surface area contributed by atoms with E-state index in [1.54, 1.807) is 6.07 Å². The van der Waals surface area contributed by atoms with E-state index in [0.29, 0.717) is 18.5 Å². The third-order valence-corrected chi connectivity index (χ3v) is 3.71. The number of hydrogen-bond acceptors (Lipinski definition) is 3. The molecule has 0 saturated carbocycles. The summed E-state index contributed by atoms with van der Waals surface area (Å²) in [6.07, 6.45) is 4.92. The first-order chi connectivity index (χ1) is 9.72. The molecule has 0 radical (unpaired) electrons. The van der Waals surface area contributed by atoms with Gasteiger partial charge in [-0.25, -0.2) is 4.79 Å². The van der Waals surface area contributed by atoms with Crippen LogP contribution >= 0.6 is 0 Å². The van der Waals surface area contributed by atoms with Crippen molar-refractivity contribution >= 4 is 11.9 Å². The van der Waals surface area contributed by atoms with Gasteiger partial charge in [0.25, 0.3) is 0 Å². The highest BCUT2D eigenvalue weighted by molar-refractivity contribution is 5.91. The molecule has 0 aliphatic carbocycles. The van der Waals surface area contributed by atoms with Crippen molar-refractivity contribution in [1.29, 1.82) is 0 Å². The minimum Gasteiger partial charge on any atom is -0.465 e. The van der Waals surface area contributed by atoms with E-state index in [1.807, 2.05) is 23.1 Å². The van der Waals surface area contributed by atoms with Crippen LogP contribution < -0.4 is 0 Å². The maximum absolute atomic E-state index is 12.1. The van der Waals surface area contributed by atoms with Crippen LogP contribution in [0, 0.1) is 0 Å². The van der Waals surface area contributed by atoms with Crippen LogP contribution in [0.5, 0.6) is 0 Å². The average molecular weight is 275 g/mol. The molecule has 1 fully saturated rings. The Labute approximate surface area is 119 Å². The number of carbonyl (C=O) groups is 2. The monoisotopic (exact) mass is 275 g/mol. The quantitative estimate of drug-likeness (QED) is 0.797. The van der Waals surface area contributed by atoms with Crippen molar-refractivity contribution in [2.24, 2.45) is 0 Å². The molecule has 108 valence electrons. The van der Waals surface area contributed by atoms with Crippen molar-refractivity contribution in [3.8, 4) is 0 Å². The van der Waals surface area contributed by atoms with Crippen LogP contribution in [-0.2, 0) is 16.1 Å². The van der Waals surface area contributed by atoms with Crippen molar-refractivity contribution in [3.05, 3.63) is 35.4 Å². The van der Waals surface area contributed by atoms with Crippen LogP contribution in [0.15, 0.2) is 24.3 Å². The molecule has 20 heavy (non-hydrogen) atoms. The topological polar surface area (TPSA) is 46.6 Å². The lowest BCUT2D eigenvalue weighted by molar-refractivity contribution is -0.132. The van der Waals surface area contributed by atoms with Gasteiger partial charge in [0.05, 0.1) is 12.7 Å². The molecule has 0 N–H and O–H groups in total. The van der Waals surface area contributed by atoms with Gasteiger partial charge in [-0.1, -0.05) is 31.0 Å². The number of hydrogen-bond donors (Lipinski definition) is 0. The highest BCUT2D eigenvalue weighted by Gasteiger charge is 2.19. The zero-order chi connectivity index (χ0) is 14.4. The lowest BCUT2D eigenvalue weighted by atomic mass is 10.0. The van der Waals surface area contributed by atoms with E-state index < -0.39 is 0 Å². The fourth-order valence-corrected chi connectivity index (χ4v) is 2.56. The maximum Gasteiger partial charge on any atom is 0.338 e. The van der Waals surface area contributed by atoms with Crippen molar-refractivity contribution in [2.75, 3.05) is 13.7 Å². The van der Waals surface area contributed by atoms with Crippen LogP contribution in [-0.4, -0.2) is 30.4 Å². The summed E-state index contributed by atoms with van der Waals surface area (Å²) in [5.41, 5.74) is 1.40. The predicted molar refractivity (Wildman–Crippen MR) is 76.3 cm³/mol. The van der Waals surface area contributed by atoms with Gasteiger partial charge in [-0.05, 0) is 24.5 Å². The molecule has 1 saturated heterocycles. The third-order valence-electron chi connectivity index (χ3n) is 3.71. The fourth-order valence-electron chi connectivity index (χ4n) is 2.56. The Morgan fingerprint density at radius 1 is 1.20 bits per heavy atom. The molecule has 0 spiro atoms. The van der Waals surface area contributed by atoms with Gasteiger partial charge in [-0.3, -0.25) is 4.79 Å². The molecule has 1 aromatic carbocycles. The first kappa shape index (κ1) is 14.6. The molecule has 0 atom stereocenters. The van der Waals surface area contributed by atoms with Crippen LogP contribution in [0.4, 0.5) is 0 Å². The number of rotatable bonds is 3. The number of carbonyl (C=O) groups excluding carboxylic acids is 2. The van der Waals surface area contributed by atoms with E-state index in [4.69, 9.17) is 4.74 Å². The van der Waals surface area contributed by atoms with E-state index in [9.17, 15) is 9.59 Å². The van der Waals surface area contributed by atoms with Crippen molar-refractivity contribution in [3.63, 3.8) is 0 Å². The van der Waals surface area contributed by atoms with Crippen LogP contribution in [0.3, 0.4) is 0 Å². The molecule has 2 rings (SSSR count). The summed E-state index contributed by atoms with van der Waals surface area (Å²) < 4.78 is 4.80. The smallest absolute Gasteiger partial charge is 0.338 e. The first-order valence-corrected chi connectivity index (χ1v) is 7.16. The van der Waals surface area contributed by atoms with Gasteiger partial charge in [0.15, 0.2) is 0 Å². The van der Waals surface area contributed by atoms with E-state index >= 15 is 0 Å². The molecule has 0 aromatic heterocycles. The van der Waals surface area contributed by atoms with Crippen molar-refractivity contribution in [2.45, 2.75) is 38.6 Å². The normalized spacial score (nSPS) is 16.4. The SMILES string of the molecule is COC(=O)c1ccccc1CN1CCCCCCC1=O. The lowest BCUT2D eigenvalue weighted by Gasteiger charge is -2.25. The highest BCUT2D eigenvalue weighted by Crippen LogP contribution is 2.17. The summed E-state index contributed by atoms with van der Waals surface area (Å²) in [6, 6.07) is 7.33. The van der Waals surface area contributed by atoms with Gasteiger partial charge in [0.1, 0.15) is 0 Å². The van der Waals surface area contributed by atoms with Gasteiger partial charge in [-0.2, -0.15) is 0 Å². The zero-order valence-corrected chi connectivity index (χ0v) is 11.9. The highest BCUT2D eigenvalue weighted by atomic mass is 16.5. The summed E-state index contributed by atoms with van der Waals surface area (Å²) in [4.78, 5) is 25.7. The Hall–Kier alpha value is -1.84. The minimum absolute atomic E-state index is 0.185. The van der Waals surface area contributed by atoms with Gasteiger partial charge >= 0.3 is 5.97 Å². The predicted octanol–water partition coefficient (Wildman–Crippen LogP) is 2.77. The van der Waals surface area contributed by atoms with E-state index in [2.05, 4.69) is 0 Å². The summed E-state index contributed by atoms with van der Waals surface area (Å²) in [5.74, 6) is -0.163. The molecule has 4 nitrogen and oxygen atoms in total. The Bertz CT molecular complexity index is 484. The Kier molecular flexibility index (Phi) is 5.16. The van der Waals surface area contributed by atoms with E-state index in [1.165, 1.54) is 13.5 Å². The second kappa shape index (κ2) is 7.08. The second-order valence-electron chi connectivity index (χ2n) is 5.13. The number of amides is 1. The van der Waals surface area contributed by atoms with Crippen molar-refractivity contribution < 1.29 is 14.3 Å². The number of esters is 1. The molecule has 1 aromatic rings. The number of methoxy groups -OCH3 is 1. The van der Waals surface area contributed by atoms with Crippen LogP contribution in [0.2, 0.25) is 0 Å². The summed E-state index contributed by atoms with van der Waals surface area (Å²) >= 11 is 0. The fraction of sp³-hybridized carbons (Fsp3) is 0.500. The molecule has 1 aliphatic rings. The molecule has 0 unspecified atom stereocenters. The maximum atomic E-state index is 12.1. The Morgan fingerprint density at radius 3 is 2.75 bits per heavy atom. The third kappa shape index (κ3) is 3.59. The van der Waals surface area contributed by atoms with Crippen LogP contribution in [0.25, 0.3) is 0 Å². The summed E-state index contributed by atoms with van der Waals surface area (Å²) in [7, 11) is 1.38. The standard InChI is InChI=1S/C16H21NO3/c1-20-16(19)14-9-6-5-8-13(14)12-17-11-7-3-2-4-10-15(17)18/h5-6,8-9H,2-4,7,10-12H2,1H3. The van der Waals surface area contributed by atoms with E-state index in [-0.39, 0.29) is 11.9 Å². The largest absolute Gasteiger partial charge is 0.465 e. The Balaban J connectivity index is 2.15. The summed E-state index contributed by atoms with van der Waals surface area (Å²) in [5, 5.41) is 0. The molecular weight excluding hydrogens is 254 g/mol. The summed E-state index contributed by atoms with van der Waals surface area (Å²) in [6.45, 7) is 1.26. The van der Waals surface area contributed by atoms with Gasteiger partial charge in [0.2, 0.25) is 5.91 Å². The van der Waals surface area contributed by atoms with Crippen LogP contribution in [0.1, 0.15) is 48.0 Å². The average Bonchev–Trinajstić information content (AvgIpc) is 2.46. The van der Waals surface area contributed by atoms with Gasteiger partial charge in [0, 0.05) is 19.5 Å². The minimum atomic E-state index is -0.347. The number of likely N-dealkylation sites (tertiary alicyclic amines) is 1. The zero-order valence-electron chi connectivity index (χ0n) is 11.9. The van der Waals surface area contributed by atoms with Gasteiger partial charge < -0.3 is 9.64 Å². The number of benzene rings is 1. The molecule has 1 aliphatic heterocycles. The molecule has 0 bridgehead atoms. The van der Waals surface area contributed by atoms with E-state index in [0.717, 1.165) is 31.4 Å². The molecule has 1 amide bonds. The Morgan fingerprint density at radius 2 is 1.95 bits per heavy atom. The first-order valence-electron chi connectivity index (χ1n) is 7.16. The molecular formula is C16H21NO3. The number of nitrogens with zero attached hydrogens (tertiary/aromatic N) is 1. The second-order valence-corrected chi connectivity index (χ2v) is 5.13. The molecule has 4 heteroatoms. The molecule has 1 heterocycles. The van der Waals surface area contributed by atoms with Crippen molar-refractivity contribution in [1.82, 2.24) is 4.90 Å². The number of ether oxygens (including phenoxy) is 1. The lowest BCUT2D eigenvalue weighted by Crippen LogP contribution is -2.33.